The van der Waals surface area contributed by atoms with E-state index < -0.39 is 0 Å². The van der Waals surface area contributed by atoms with Gasteiger partial charge < -0.3 is 14.4 Å². The highest BCUT2D eigenvalue weighted by atomic mass is 16.6. The van der Waals surface area contributed by atoms with E-state index in [-0.39, 0.29) is 12.2 Å². The van der Waals surface area contributed by atoms with Crippen LogP contribution in [0.3, 0.4) is 0 Å². The van der Waals surface area contributed by atoms with E-state index in [0.29, 0.717) is 0 Å². The maximum absolute atomic E-state index is 11.8. The third-order valence-corrected chi connectivity index (χ3v) is 3.48. The van der Waals surface area contributed by atoms with Crippen LogP contribution in [-0.2, 0) is 9.47 Å². The second-order valence-electron chi connectivity index (χ2n) is 4.87. The smallest absolute Gasteiger partial charge is 0.410 e. The Morgan fingerprint density at radius 3 is 2.44 bits per heavy atom. The van der Waals surface area contributed by atoms with E-state index in [9.17, 15) is 4.79 Å². The number of amides is 1. The Balaban J connectivity index is 1.74. The molecule has 0 aromatic rings. The van der Waals surface area contributed by atoms with Gasteiger partial charge in [-0.25, -0.2) is 4.79 Å². The van der Waals surface area contributed by atoms with Crippen LogP contribution in [0.5, 0.6) is 0 Å². The van der Waals surface area contributed by atoms with Crippen LogP contribution in [0.25, 0.3) is 0 Å². The van der Waals surface area contributed by atoms with Crippen LogP contribution in [0.4, 0.5) is 4.79 Å². The van der Waals surface area contributed by atoms with Gasteiger partial charge in [0.25, 0.3) is 0 Å². The molecule has 0 aromatic carbocycles. The summed E-state index contributed by atoms with van der Waals surface area (Å²) in [4.78, 5) is 13.7. The van der Waals surface area contributed by atoms with Gasteiger partial charge in [0, 0.05) is 25.9 Å². The predicted molar refractivity (Wildman–Crippen MR) is 60.3 cm³/mol. The molecule has 2 rings (SSSR count). The van der Waals surface area contributed by atoms with Gasteiger partial charge in [-0.3, -0.25) is 0 Å². The van der Waals surface area contributed by atoms with E-state index in [4.69, 9.17) is 9.47 Å². The molecule has 0 bridgehead atoms. The van der Waals surface area contributed by atoms with Crippen molar-refractivity contribution < 1.29 is 14.3 Å². The molecule has 92 valence electrons. The first-order chi connectivity index (χ1) is 7.75. The maximum Gasteiger partial charge on any atom is 0.410 e. The molecule has 0 atom stereocenters. The topological polar surface area (TPSA) is 38.8 Å². The molecule has 0 aromatic heterocycles. The van der Waals surface area contributed by atoms with Crippen LogP contribution >= 0.6 is 0 Å². The van der Waals surface area contributed by atoms with Crippen molar-refractivity contribution in [3.63, 3.8) is 0 Å². The molecule has 4 nitrogen and oxygen atoms in total. The fourth-order valence-corrected chi connectivity index (χ4v) is 2.20. The molecule has 2 fully saturated rings. The van der Waals surface area contributed by atoms with E-state index >= 15 is 0 Å². The third-order valence-electron chi connectivity index (χ3n) is 3.48. The Morgan fingerprint density at radius 2 is 1.81 bits per heavy atom. The summed E-state index contributed by atoms with van der Waals surface area (Å²) in [5.74, 6) is 0.743. The molecule has 0 aliphatic carbocycles. The Morgan fingerprint density at radius 1 is 1.19 bits per heavy atom. The van der Waals surface area contributed by atoms with Gasteiger partial charge in [0.2, 0.25) is 0 Å². The highest BCUT2D eigenvalue weighted by Crippen LogP contribution is 2.18. The molecule has 2 heterocycles. The van der Waals surface area contributed by atoms with E-state index in [0.717, 1.165) is 57.9 Å². The van der Waals surface area contributed by atoms with Crippen LogP contribution in [-0.4, -0.2) is 43.4 Å². The van der Waals surface area contributed by atoms with Gasteiger partial charge in [0.1, 0.15) is 6.10 Å². The lowest BCUT2D eigenvalue weighted by molar-refractivity contribution is -0.0127. The Kier molecular flexibility index (Phi) is 4.04. The summed E-state index contributed by atoms with van der Waals surface area (Å²) in [5, 5.41) is 0. The van der Waals surface area contributed by atoms with Crippen molar-refractivity contribution in [1.29, 1.82) is 0 Å². The Labute approximate surface area is 96.9 Å². The Bertz CT molecular complexity index is 230. The number of hydrogen-bond acceptors (Lipinski definition) is 3. The van der Waals surface area contributed by atoms with E-state index in [2.05, 4.69) is 6.92 Å². The summed E-state index contributed by atoms with van der Waals surface area (Å²) in [6, 6.07) is 0. The van der Waals surface area contributed by atoms with Gasteiger partial charge in [-0.2, -0.15) is 0 Å². The molecular formula is C12H21NO3. The van der Waals surface area contributed by atoms with Gasteiger partial charge in [-0.15, -0.1) is 0 Å². The first-order valence-corrected chi connectivity index (χ1v) is 6.29. The molecule has 0 saturated carbocycles. The quantitative estimate of drug-likeness (QED) is 0.688. The normalized spacial score (nSPS) is 24.4. The number of nitrogens with zero attached hydrogens (tertiary/aromatic N) is 1. The zero-order valence-electron chi connectivity index (χ0n) is 9.98. The van der Waals surface area contributed by atoms with E-state index in [1.807, 2.05) is 4.90 Å². The average Bonchev–Trinajstić information content (AvgIpc) is 2.31. The minimum Gasteiger partial charge on any atom is -0.446 e. The van der Waals surface area contributed by atoms with Gasteiger partial charge in [0.15, 0.2) is 0 Å². The third kappa shape index (κ3) is 3.11. The molecule has 2 aliphatic rings. The highest BCUT2D eigenvalue weighted by Gasteiger charge is 2.25. The first kappa shape index (κ1) is 11.7. The molecule has 0 spiro atoms. The van der Waals surface area contributed by atoms with Gasteiger partial charge in [-0.1, -0.05) is 6.92 Å². The summed E-state index contributed by atoms with van der Waals surface area (Å²) in [6.07, 6.45) is 3.83. The second-order valence-corrected chi connectivity index (χ2v) is 4.87. The highest BCUT2D eigenvalue weighted by molar-refractivity contribution is 5.67. The molecule has 0 N–H and O–H groups in total. The SMILES string of the molecule is CC1CCN(C(=O)OC2CCOCC2)CC1. The molecule has 4 heteroatoms. The zero-order valence-corrected chi connectivity index (χ0v) is 9.98. The van der Waals surface area contributed by atoms with Crippen LogP contribution in [0.2, 0.25) is 0 Å². The standard InChI is InChI=1S/C12H21NO3/c1-10-2-6-13(7-3-10)12(14)16-11-4-8-15-9-5-11/h10-11H,2-9H2,1H3. The van der Waals surface area contributed by atoms with Crippen LogP contribution in [0.15, 0.2) is 0 Å². The molecule has 0 radical (unpaired) electrons. The van der Waals surface area contributed by atoms with Crippen molar-refractivity contribution in [2.75, 3.05) is 26.3 Å². The van der Waals surface area contributed by atoms with Crippen molar-refractivity contribution in [2.24, 2.45) is 5.92 Å². The largest absolute Gasteiger partial charge is 0.446 e. The van der Waals surface area contributed by atoms with E-state index in [1.54, 1.807) is 0 Å². The van der Waals surface area contributed by atoms with Crippen molar-refractivity contribution in [3.05, 3.63) is 0 Å². The molecule has 16 heavy (non-hydrogen) atoms. The monoisotopic (exact) mass is 227 g/mol. The Hall–Kier alpha value is -0.770. The van der Waals surface area contributed by atoms with Crippen LogP contribution in [0.1, 0.15) is 32.6 Å². The number of rotatable bonds is 1. The summed E-state index contributed by atoms with van der Waals surface area (Å²) in [5.41, 5.74) is 0. The second kappa shape index (κ2) is 5.53. The van der Waals surface area contributed by atoms with Crippen LogP contribution < -0.4 is 0 Å². The average molecular weight is 227 g/mol. The van der Waals surface area contributed by atoms with Crippen molar-refractivity contribution in [1.82, 2.24) is 4.90 Å². The fourth-order valence-electron chi connectivity index (χ4n) is 2.20. The maximum atomic E-state index is 11.8. The number of carbonyl (C=O) groups excluding carboxylic acids is 1. The summed E-state index contributed by atoms with van der Waals surface area (Å²) >= 11 is 0. The van der Waals surface area contributed by atoms with Gasteiger partial charge in [0.05, 0.1) is 13.2 Å². The lowest BCUT2D eigenvalue weighted by Gasteiger charge is -2.31. The van der Waals surface area contributed by atoms with Crippen molar-refractivity contribution >= 4 is 6.09 Å². The van der Waals surface area contributed by atoms with Crippen molar-refractivity contribution in [2.45, 2.75) is 38.7 Å². The fraction of sp³-hybridized carbons (Fsp3) is 0.917. The number of likely N-dealkylation sites (tertiary alicyclic amines) is 1. The number of piperidine rings is 1. The van der Waals surface area contributed by atoms with Gasteiger partial charge in [-0.05, 0) is 18.8 Å². The van der Waals surface area contributed by atoms with Gasteiger partial charge >= 0.3 is 6.09 Å². The molecular weight excluding hydrogens is 206 g/mol. The minimum absolute atomic E-state index is 0.0700. The molecule has 0 unspecified atom stereocenters. The molecule has 2 aliphatic heterocycles. The van der Waals surface area contributed by atoms with Crippen LogP contribution in [0, 0.1) is 5.92 Å². The predicted octanol–water partition coefficient (Wildman–Crippen LogP) is 2.03. The number of hydrogen-bond donors (Lipinski definition) is 0. The van der Waals surface area contributed by atoms with E-state index in [1.165, 1.54) is 0 Å². The molecule has 1 amide bonds. The minimum atomic E-state index is -0.126. The summed E-state index contributed by atoms with van der Waals surface area (Å²) in [6.45, 7) is 5.37. The number of ether oxygens (including phenoxy) is 2. The number of carbonyl (C=O) groups is 1. The first-order valence-electron chi connectivity index (χ1n) is 6.29. The summed E-state index contributed by atoms with van der Waals surface area (Å²) in [7, 11) is 0. The van der Waals surface area contributed by atoms with Crippen molar-refractivity contribution in [3.8, 4) is 0 Å². The molecule has 2 saturated heterocycles. The zero-order chi connectivity index (χ0) is 11.4. The lowest BCUT2D eigenvalue weighted by atomic mass is 10.00. The summed E-state index contributed by atoms with van der Waals surface area (Å²) < 4.78 is 10.7. The lowest BCUT2D eigenvalue weighted by Crippen LogP contribution is -2.40.